The van der Waals surface area contributed by atoms with E-state index in [1.165, 1.54) is 18.2 Å². The third-order valence-corrected chi connectivity index (χ3v) is 3.78. The number of nitrogens with zero attached hydrogens (tertiary/aromatic N) is 1. The highest BCUT2D eigenvalue weighted by Gasteiger charge is 2.11. The van der Waals surface area contributed by atoms with Gasteiger partial charge in [-0.3, -0.25) is 14.9 Å². The molecule has 6 nitrogen and oxygen atoms in total. The second-order valence-electron chi connectivity index (χ2n) is 5.03. The molecule has 0 spiro atoms. The summed E-state index contributed by atoms with van der Waals surface area (Å²) in [4.78, 5) is 22.2. The van der Waals surface area contributed by atoms with E-state index >= 15 is 0 Å². The van der Waals surface area contributed by atoms with Gasteiger partial charge in [-0.15, -0.1) is 0 Å². The first-order valence-electron chi connectivity index (χ1n) is 6.80. The topological polar surface area (TPSA) is 81.5 Å². The zero-order valence-electron chi connectivity index (χ0n) is 12.6. The first-order valence-corrected chi connectivity index (χ1v) is 7.60. The number of amides is 1. The van der Waals surface area contributed by atoms with Crippen LogP contribution in [0.5, 0.6) is 5.75 Å². The first kappa shape index (κ1) is 17.0. The van der Waals surface area contributed by atoms with Crippen LogP contribution in [0.1, 0.15) is 11.1 Å². The van der Waals surface area contributed by atoms with Gasteiger partial charge < -0.3 is 10.1 Å². The number of nitro benzene ring substituents is 1. The fourth-order valence-corrected chi connectivity index (χ4v) is 2.55. The Kier molecular flexibility index (Phi) is 5.33. The lowest BCUT2D eigenvalue weighted by atomic mass is 10.2. The highest BCUT2D eigenvalue weighted by molar-refractivity contribution is 9.10. The lowest BCUT2D eigenvalue weighted by Gasteiger charge is -2.10. The van der Waals surface area contributed by atoms with E-state index in [0.717, 1.165) is 10.0 Å². The number of hydrogen-bond acceptors (Lipinski definition) is 4. The predicted molar refractivity (Wildman–Crippen MR) is 90.8 cm³/mol. The van der Waals surface area contributed by atoms with Gasteiger partial charge in [0.2, 0.25) is 0 Å². The number of nitrogens with one attached hydrogen (secondary N) is 1. The van der Waals surface area contributed by atoms with Crippen molar-refractivity contribution in [3.8, 4) is 5.75 Å². The highest BCUT2D eigenvalue weighted by Crippen LogP contribution is 2.24. The maximum absolute atomic E-state index is 11.9. The lowest BCUT2D eigenvalue weighted by molar-refractivity contribution is -0.384. The van der Waals surface area contributed by atoms with Gasteiger partial charge >= 0.3 is 0 Å². The van der Waals surface area contributed by atoms with E-state index in [1.54, 1.807) is 13.0 Å². The second-order valence-corrected chi connectivity index (χ2v) is 5.88. The maximum atomic E-state index is 11.9. The normalized spacial score (nSPS) is 10.2. The molecule has 120 valence electrons. The molecule has 0 heterocycles. The Morgan fingerprint density at radius 1 is 1.26 bits per heavy atom. The fraction of sp³-hybridized carbons (Fsp3) is 0.188. The van der Waals surface area contributed by atoms with Gasteiger partial charge in [-0.2, -0.15) is 0 Å². The van der Waals surface area contributed by atoms with E-state index in [4.69, 9.17) is 4.74 Å². The Morgan fingerprint density at radius 2 is 2.00 bits per heavy atom. The van der Waals surface area contributed by atoms with Crippen LogP contribution in [-0.2, 0) is 4.79 Å². The minimum atomic E-state index is -0.474. The number of halogens is 1. The van der Waals surface area contributed by atoms with Crippen molar-refractivity contribution in [1.29, 1.82) is 0 Å². The second kappa shape index (κ2) is 7.23. The van der Waals surface area contributed by atoms with Gasteiger partial charge in [0.1, 0.15) is 5.75 Å². The quantitative estimate of drug-likeness (QED) is 0.629. The fourth-order valence-electron chi connectivity index (χ4n) is 1.96. The van der Waals surface area contributed by atoms with Gasteiger partial charge in [0, 0.05) is 16.6 Å². The largest absolute Gasteiger partial charge is 0.483 e. The van der Waals surface area contributed by atoms with Crippen LogP contribution in [0.15, 0.2) is 40.9 Å². The number of aryl methyl sites for hydroxylation is 2. The summed E-state index contributed by atoms with van der Waals surface area (Å²) in [6.07, 6.45) is 0. The first-order chi connectivity index (χ1) is 10.9. The molecule has 0 aromatic heterocycles. The molecule has 0 fully saturated rings. The number of anilines is 1. The minimum Gasteiger partial charge on any atom is -0.483 e. The van der Waals surface area contributed by atoms with Gasteiger partial charge in [-0.1, -0.05) is 6.07 Å². The summed E-state index contributed by atoms with van der Waals surface area (Å²) < 4.78 is 6.21. The summed E-state index contributed by atoms with van der Waals surface area (Å²) >= 11 is 3.39. The van der Waals surface area contributed by atoms with Gasteiger partial charge in [0.25, 0.3) is 11.6 Å². The Hall–Kier alpha value is -2.41. The zero-order chi connectivity index (χ0) is 17.0. The van der Waals surface area contributed by atoms with Crippen molar-refractivity contribution in [2.24, 2.45) is 0 Å². The van der Waals surface area contributed by atoms with Crippen molar-refractivity contribution in [3.05, 3.63) is 62.1 Å². The van der Waals surface area contributed by atoms with Crippen molar-refractivity contribution in [2.45, 2.75) is 13.8 Å². The smallest absolute Gasteiger partial charge is 0.269 e. The average Bonchev–Trinajstić information content (AvgIpc) is 2.48. The van der Waals surface area contributed by atoms with Gasteiger partial charge in [0.05, 0.1) is 10.6 Å². The molecular formula is C16H15BrN2O4. The molecular weight excluding hydrogens is 364 g/mol. The SMILES string of the molecule is Cc1ccc(NC(=O)COc2ccc([N+](=O)[O-])cc2C)c(Br)c1. The van der Waals surface area contributed by atoms with Gasteiger partial charge in [-0.05, 0) is 59.1 Å². The molecule has 0 aliphatic rings. The van der Waals surface area contributed by atoms with Crippen molar-refractivity contribution in [3.63, 3.8) is 0 Å². The van der Waals surface area contributed by atoms with Crippen molar-refractivity contribution < 1.29 is 14.5 Å². The summed E-state index contributed by atoms with van der Waals surface area (Å²) in [6.45, 7) is 3.46. The van der Waals surface area contributed by atoms with Crippen LogP contribution in [0, 0.1) is 24.0 Å². The number of carbonyl (C=O) groups excluding carboxylic acids is 1. The Balaban J connectivity index is 1.98. The molecule has 2 aromatic rings. The molecule has 0 bridgehead atoms. The molecule has 0 aliphatic heterocycles. The number of benzene rings is 2. The van der Waals surface area contributed by atoms with Crippen molar-refractivity contribution in [2.75, 3.05) is 11.9 Å². The molecule has 1 amide bonds. The maximum Gasteiger partial charge on any atom is 0.269 e. The number of non-ortho nitro benzene ring substituents is 1. The predicted octanol–water partition coefficient (Wildman–Crippen LogP) is 3.99. The summed E-state index contributed by atoms with van der Waals surface area (Å²) in [5, 5.41) is 13.4. The van der Waals surface area contributed by atoms with Crippen LogP contribution in [0.25, 0.3) is 0 Å². The summed E-state index contributed by atoms with van der Waals surface area (Å²) in [7, 11) is 0. The van der Waals surface area contributed by atoms with E-state index in [-0.39, 0.29) is 18.2 Å². The van der Waals surface area contributed by atoms with Crippen molar-refractivity contribution >= 4 is 33.2 Å². The minimum absolute atomic E-state index is 0.0112. The zero-order valence-corrected chi connectivity index (χ0v) is 14.2. The van der Waals surface area contributed by atoms with E-state index in [2.05, 4.69) is 21.2 Å². The summed E-state index contributed by atoms with van der Waals surface area (Å²) in [5.74, 6) is 0.126. The monoisotopic (exact) mass is 378 g/mol. The molecule has 0 aliphatic carbocycles. The van der Waals surface area contributed by atoms with E-state index < -0.39 is 4.92 Å². The standard InChI is InChI=1S/C16H15BrN2O4/c1-10-3-5-14(13(17)7-10)18-16(20)9-23-15-6-4-12(19(21)22)8-11(15)2/h3-8H,9H2,1-2H3,(H,18,20). The summed E-state index contributed by atoms with van der Waals surface area (Å²) in [5.41, 5.74) is 2.32. The van der Waals surface area contributed by atoms with Crippen LogP contribution in [0.3, 0.4) is 0 Å². The van der Waals surface area contributed by atoms with Crippen LogP contribution in [0.2, 0.25) is 0 Å². The number of hydrogen-bond donors (Lipinski definition) is 1. The Bertz CT molecular complexity index is 762. The number of carbonyl (C=O) groups is 1. The van der Waals surface area contributed by atoms with Crippen LogP contribution < -0.4 is 10.1 Å². The Morgan fingerprint density at radius 3 is 2.61 bits per heavy atom. The molecule has 0 saturated carbocycles. The van der Waals surface area contributed by atoms with Crippen LogP contribution >= 0.6 is 15.9 Å². The molecule has 0 unspecified atom stereocenters. The van der Waals surface area contributed by atoms with Gasteiger partial charge in [0.15, 0.2) is 6.61 Å². The molecule has 23 heavy (non-hydrogen) atoms. The number of nitro groups is 1. The van der Waals surface area contributed by atoms with E-state index in [9.17, 15) is 14.9 Å². The van der Waals surface area contributed by atoms with Gasteiger partial charge in [-0.25, -0.2) is 0 Å². The number of ether oxygens (including phenoxy) is 1. The third-order valence-electron chi connectivity index (χ3n) is 3.13. The lowest BCUT2D eigenvalue weighted by Crippen LogP contribution is -2.20. The van der Waals surface area contributed by atoms with E-state index in [1.807, 2.05) is 19.1 Å². The molecule has 1 N–H and O–H groups in total. The molecule has 2 rings (SSSR count). The van der Waals surface area contributed by atoms with Crippen LogP contribution in [0.4, 0.5) is 11.4 Å². The molecule has 7 heteroatoms. The van der Waals surface area contributed by atoms with E-state index in [0.29, 0.717) is 17.0 Å². The molecule has 2 aromatic carbocycles. The molecule has 0 radical (unpaired) electrons. The summed E-state index contributed by atoms with van der Waals surface area (Å²) in [6, 6.07) is 9.83. The van der Waals surface area contributed by atoms with Crippen LogP contribution in [-0.4, -0.2) is 17.4 Å². The highest BCUT2D eigenvalue weighted by atomic mass is 79.9. The Labute approximate surface area is 141 Å². The molecule has 0 atom stereocenters. The number of rotatable bonds is 5. The average molecular weight is 379 g/mol. The third kappa shape index (κ3) is 4.53. The molecule has 0 saturated heterocycles. The van der Waals surface area contributed by atoms with Crippen molar-refractivity contribution in [1.82, 2.24) is 0 Å².